The topological polar surface area (TPSA) is 42.2 Å². The summed E-state index contributed by atoms with van der Waals surface area (Å²) in [6.07, 6.45) is 14.8. The van der Waals surface area contributed by atoms with Gasteiger partial charge >= 0.3 is 0 Å². The molecule has 0 radical (unpaired) electrons. The number of hydrogen-bond donors (Lipinski definition) is 1. The largest absolute Gasteiger partial charge is 0.400 e. The molecule has 3 aliphatic rings. The number of nitrogens with zero attached hydrogens (tertiary/aromatic N) is 1. The van der Waals surface area contributed by atoms with E-state index >= 15 is 0 Å². The maximum atomic E-state index is 11.8. The van der Waals surface area contributed by atoms with Crippen molar-refractivity contribution in [3.8, 4) is 0 Å². The normalized spacial score (nSPS) is 22.7. The van der Waals surface area contributed by atoms with E-state index in [2.05, 4.69) is 103 Å². The molecule has 3 aliphatic carbocycles. The fraction of sp³-hybridized carbons (Fsp3) is 0.439. The third-order valence-corrected chi connectivity index (χ3v) is 11.1. The van der Waals surface area contributed by atoms with Crippen LogP contribution in [0.1, 0.15) is 106 Å². The van der Waals surface area contributed by atoms with E-state index in [-0.39, 0.29) is 5.41 Å². The van der Waals surface area contributed by atoms with Crippen molar-refractivity contribution in [1.82, 2.24) is 4.57 Å². The molecular formula is C41H49NO2. The van der Waals surface area contributed by atoms with Crippen LogP contribution in [0.5, 0.6) is 0 Å². The van der Waals surface area contributed by atoms with Gasteiger partial charge in [-0.15, -0.1) is 0 Å². The number of aliphatic hydroxyl groups excluding tert-OH is 1. The highest BCUT2D eigenvalue weighted by Crippen LogP contribution is 2.52. The Kier molecular flexibility index (Phi) is 9.23. The lowest BCUT2D eigenvalue weighted by Gasteiger charge is -2.45. The van der Waals surface area contributed by atoms with Crippen LogP contribution in [-0.2, 0) is 11.3 Å². The molecule has 3 saturated carbocycles. The van der Waals surface area contributed by atoms with Crippen molar-refractivity contribution in [2.75, 3.05) is 7.11 Å². The van der Waals surface area contributed by atoms with E-state index in [9.17, 15) is 4.79 Å². The molecule has 0 saturated heterocycles. The maximum absolute atomic E-state index is 11.8. The summed E-state index contributed by atoms with van der Waals surface area (Å²) in [5, 5.41) is 8.39. The molecule has 1 N–H and O–H groups in total. The number of carbonyl (C=O) groups excluding carboxylic acids is 1. The second-order valence-electron chi connectivity index (χ2n) is 14.0. The Balaban J connectivity index is 0.00000168. The van der Waals surface area contributed by atoms with Gasteiger partial charge in [0.05, 0.1) is 0 Å². The smallest absolute Gasteiger partial charge is 0.125 e. The molecular weight excluding hydrogens is 538 g/mol. The van der Waals surface area contributed by atoms with Crippen LogP contribution in [0, 0.1) is 17.3 Å². The summed E-state index contributed by atoms with van der Waals surface area (Å²) in [6.45, 7) is 5.31. The predicted molar refractivity (Wildman–Crippen MR) is 183 cm³/mol. The van der Waals surface area contributed by atoms with E-state index in [1.807, 2.05) is 0 Å². The minimum Gasteiger partial charge on any atom is -0.400 e. The standard InChI is InChI=1S/C40H45NO.CH4O/c1-40(2,27-42)37-21-20-34(37)33-18-9-19-38-35(33)22-24-41(38)23-10-11-28-25-31(26-28)32-16-6-7-17-36(32)39(30-14-8-15-30)29-12-4-3-5-13-29;1-2/h3-7,9,12-13,16-19,22,24,27-28,31,34,37H,8,10-11,14-15,20-21,23,25-26H2,1-2H3;2H,1H3. The van der Waals surface area contributed by atoms with E-state index < -0.39 is 0 Å². The van der Waals surface area contributed by atoms with Crippen LogP contribution in [0.4, 0.5) is 0 Å². The van der Waals surface area contributed by atoms with Crippen LogP contribution in [0.25, 0.3) is 16.5 Å². The van der Waals surface area contributed by atoms with Gasteiger partial charge in [0, 0.05) is 36.2 Å². The van der Waals surface area contributed by atoms with Crippen LogP contribution in [-0.4, -0.2) is 23.1 Å². The van der Waals surface area contributed by atoms with Crippen molar-refractivity contribution < 1.29 is 9.90 Å². The zero-order valence-electron chi connectivity index (χ0n) is 26.8. The first-order chi connectivity index (χ1) is 21.5. The summed E-state index contributed by atoms with van der Waals surface area (Å²) >= 11 is 0. The van der Waals surface area contributed by atoms with Crippen molar-refractivity contribution in [3.63, 3.8) is 0 Å². The highest BCUT2D eigenvalue weighted by Gasteiger charge is 2.43. The zero-order valence-corrected chi connectivity index (χ0v) is 26.8. The Morgan fingerprint density at radius 3 is 2.30 bits per heavy atom. The van der Waals surface area contributed by atoms with Gasteiger partial charge in [0.15, 0.2) is 0 Å². The number of carbonyl (C=O) groups is 1. The average Bonchev–Trinajstić information content (AvgIpc) is 3.41. The van der Waals surface area contributed by atoms with Crippen LogP contribution in [0.15, 0.2) is 90.6 Å². The van der Waals surface area contributed by atoms with Gasteiger partial charge in [0.1, 0.15) is 6.29 Å². The van der Waals surface area contributed by atoms with Crippen molar-refractivity contribution in [3.05, 3.63) is 113 Å². The quantitative estimate of drug-likeness (QED) is 0.188. The first kappa shape index (κ1) is 30.6. The van der Waals surface area contributed by atoms with E-state index in [1.54, 1.807) is 11.1 Å². The van der Waals surface area contributed by atoms with Crippen LogP contribution >= 0.6 is 0 Å². The average molecular weight is 588 g/mol. The summed E-state index contributed by atoms with van der Waals surface area (Å²) in [6, 6.07) is 29.5. The Bertz CT molecular complexity index is 1600. The summed E-state index contributed by atoms with van der Waals surface area (Å²) in [5.74, 6) is 2.47. The lowest BCUT2D eigenvalue weighted by molar-refractivity contribution is -0.119. The highest BCUT2D eigenvalue weighted by atomic mass is 16.2. The number of hydrogen-bond acceptors (Lipinski definition) is 2. The molecule has 7 rings (SSSR count). The molecule has 230 valence electrons. The van der Waals surface area contributed by atoms with Gasteiger partial charge in [0.25, 0.3) is 0 Å². The van der Waals surface area contributed by atoms with E-state index in [4.69, 9.17) is 5.11 Å². The van der Waals surface area contributed by atoms with E-state index in [0.717, 1.165) is 26.0 Å². The molecule has 3 heteroatoms. The molecule has 44 heavy (non-hydrogen) atoms. The minimum absolute atomic E-state index is 0.244. The van der Waals surface area contributed by atoms with Crippen LogP contribution in [0.2, 0.25) is 0 Å². The third kappa shape index (κ3) is 5.84. The predicted octanol–water partition coefficient (Wildman–Crippen LogP) is 9.93. The van der Waals surface area contributed by atoms with Gasteiger partial charge in [-0.25, -0.2) is 0 Å². The monoisotopic (exact) mass is 587 g/mol. The molecule has 4 aromatic rings. The summed E-state index contributed by atoms with van der Waals surface area (Å²) in [4.78, 5) is 11.8. The molecule has 0 bridgehead atoms. The number of rotatable bonds is 10. The van der Waals surface area contributed by atoms with E-state index in [1.165, 1.54) is 90.8 Å². The lowest BCUT2D eigenvalue weighted by Crippen LogP contribution is -2.37. The number of aryl methyl sites for hydroxylation is 1. The molecule has 3 fully saturated rings. The van der Waals surface area contributed by atoms with Crippen LogP contribution in [0.3, 0.4) is 0 Å². The number of allylic oxidation sites excluding steroid dienone is 1. The van der Waals surface area contributed by atoms with Gasteiger partial charge in [-0.05, 0) is 121 Å². The zero-order chi connectivity index (χ0) is 30.7. The Labute approximate surface area is 264 Å². The maximum Gasteiger partial charge on any atom is 0.125 e. The fourth-order valence-electron chi connectivity index (χ4n) is 8.23. The van der Waals surface area contributed by atoms with Gasteiger partial charge in [0.2, 0.25) is 0 Å². The number of aldehydes is 1. The second-order valence-corrected chi connectivity index (χ2v) is 14.0. The first-order valence-corrected chi connectivity index (χ1v) is 16.9. The summed E-state index contributed by atoms with van der Waals surface area (Å²) in [7, 11) is 1.00. The second kappa shape index (κ2) is 13.3. The number of aliphatic hydroxyl groups is 1. The molecule has 2 atom stereocenters. The van der Waals surface area contributed by atoms with Gasteiger partial charge in [-0.3, -0.25) is 0 Å². The Hall–Kier alpha value is -3.43. The van der Waals surface area contributed by atoms with Crippen molar-refractivity contribution in [1.29, 1.82) is 0 Å². The highest BCUT2D eigenvalue weighted by molar-refractivity contribution is 5.85. The lowest BCUT2D eigenvalue weighted by atomic mass is 9.59. The minimum atomic E-state index is -0.244. The molecule has 0 spiro atoms. The summed E-state index contributed by atoms with van der Waals surface area (Å²) < 4.78 is 2.47. The SMILES string of the molecule is CC(C)(C=O)C1CCC1c1cccc2c1ccn2CCCC1CC(c2ccccc2C(=C2CCC2)c2ccccc2)C1.CO. The third-order valence-electron chi connectivity index (χ3n) is 11.1. The van der Waals surface area contributed by atoms with Crippen LogP contribution < -0.4 is 0 Å². The van der Waals surface area contributed by atoms with Crippen molar-refractivity contribution in [2.45, 2.75) is 90.0 Å². The van der Waals surface area contributed by atoms with Gasteiger partial charge < -0.3 is 14.5 Å². The van der Waals surface area contributed by atoms with Gasteiger partial charge in [-0.2, -0.15) is 0 Å². The molecule has 3 aromatic carbocycles. The molecule has 0 amide bonds. The summed E-state index contributed by atoms with van der Waals surface area (Å²) in [5.41, 5.74) is 10.2. The van der Waals surface area contributed by atoms with Crippen molar-refractivity contribution in [2.24, 2.45) is 17.3 Å². The molecule has 2 unspecified atom stereocenters. The first-order valence-electron chi connectivity index (χ1n) is 16.9. The van der Waals surface area contributed by atoms with E-state index in [0.29, 0.717) is 17.8 Å². The molecule has 1 aromatic heterocycles. The molecule has 0 aliphatic heterocycles. The Morgan fingerprint density at radius 2 is 1.61 bits per heavy atom. The number of fused-ring (bicyclic) bond motifs is 1. The Morgan fingerprint density at radius 1 is 0.886 bits per heavy atom. The number of benzene rings is 3. The molecule has 3 nitrogen and oxygen atoms in total. The molecule has 1 heterocycles. The van der Waals surface area contributed by atoms with Crippen molar-refractivity contribution >= 4 is 22.8 Å². The fourth-order valence-corrected chi connectivity index (χ4v) is 8.23. The number of aromatic nitrogens is 1. The van der Waals surface area contributed by atoms with Gasteiger partial charge in [-0.1, -0.05) is 86.2 Å².